The van der Waals surface area contributed by atoms with E-state index in [1.807, 2.05) is 74.5 Å². The lowest BCUT2D eigenvalue weighted by molar-refractivity contribution is -0.115. The number of nitrogens with zero attached hydrogens (tertiary/aromatic N) is 1. The molecular formula is C25H19BrI2N2O2S. The van der Waals surface area contributed by atoms with Gasteiger partial charge in [-0.3, -0.25) is 4.79 Å². The van der Waals surface area contributed by atoms with Gasteiger partial charge in [-0.25, -0.2) is 4.99 Å². The van der Waals surface area contributed by atoms with E-state index in [9.17, 15) is 4.79 Å². The molecule has 0 unspecified atom stereocenters. The molecule has 3 aromatic rings. The fourth-order valence-electron chi connectivity index (χ4n) is 3.27. The van der Waals surface area contributed by atoms with Gasteiger partial charge < -0.3 is 10.1 Å². The fourth-order valence-corrected chi connectivity index (χ4v) is 6.47. The van der Waals surface area contributed by atoms with E-state index in [1.165, 1.54) is 11.8 Å². The molecular weight excluding hydrogens is 726 g/mol. The Morgan fingerprint density at radius 2 is 1.70 bits per heavy atom. The van der Waals surface area contributed by atoms with Gasteiger partial charge in [-0.1, -0.05) is 46.3 Å². The predicted molar refractivity (Wildman–Crippen MR) is 157 cm³/mol. The Hall–Kier alpha value is -1.37. The lowest BCUT2D eigenvalue weighted by atomic mass is 10.1. The van der Waals surface area contributed by atoms with Crippen molar-refractivity contribution in [2.45, 2.75) is 20.5 Å². The standard InChI is InChI=1S/C25H19BrI2N2O2S/c1-14-8-18(9-15(2)22(14)26)29-25-30-24(31)21(33-25)12-17-10-19(27)23(20(28)11-17)32-13-16-6-4-3-5-7-16/h3-12H,13H2,1-2H3,(H,29,30,31)/b21-12-. The number of ether oxygens (including phenoxy) is 1. The van der Waals surface area contributed by atoms with Gasteiger partial charge in [-0.2, -0.15) is 0 Å². The topological polar surface area (TPSA) is 50.7 Å². The number of nitrogens with one attached hydrogen (secondary N) is 1. The van der Waals surface area contributed by atoms with Crippen LogP contribution in [0.3, 0.4) is 0 Å². The van der Waals surface area contributed by atoms with E-state index in [4.69, 9.17) is 4.74 Å². The number of carbonyl (C=O) groups is 1. The lowest BCUT2D eigenvalue weighted by Crippen LogP contribution is -2.19. The maximum Gasteiger partial charge on any atom is 0.264 e. The van der Waals surface area contributed by atoms with Gasteiger partial charge in [0.1, 0.15) is 12.4 Å². The number of thioether (sulfide) groups is 1. The number of aliphatic imine (C=N–C) groups is 1. The third-order valence-electron chi connectivity index (χ3n) is 4.85. The van der Waals surface area contributed by atoms with Gasteiger partial charge >= 0.3 is 0 Å². The van der Waals surface area contributed by atoms with Crippen molar-refractivity contribution < 1.29 is 9.53 Å². The van der Waals surface area contributed by atoms with E-state index in [0.29, 0.717) is 16.7 Å². The zero-order valence-electron chi connectivity index (χ0n) is 17.8. The van der Waals surface area contributed by atoms with Crippen LogP contribution in [0.5, 0.6) is 5.75 Å². The molecule has 1 saturated heterocycles. The van der Waals surface area contributed by atoms with Crippen LogP contribution in [0.25, 0.3) is 6.08 Å². The Balaban J connectivity index is 1.52. The first-order valence-corrected chi connectivity index (χ1v) is 13.8. The van der Waals surface area contributed by atoms with E-state index in [-0.39, 0.29) is 5.91 Å². The summed E-state index contributed by atoms with van der Waals surface area (Å²) in [5.41, 5.74) is 5.11. The number of carbonyl (C=O) groups excluding carboxylic acids is 1. The summed E-state index contributed by atoms with van der Waals surface area (Å²) < 4.78 is 9.15. The molecule has 8 heteroatoms. The highest BCUT2D eigenvalue weighted by molar-refractivity contribution is 14.1. The number of amides is 1. The van der Waals surface area contributed by atoms with Crippen molar-refractivity contribution in [1.82, 2.24) is 5.32 Å². The average molecular weight is 745 g/mol. The molecule has 0 radical (unpaired) electrons. The SMILES string of the molecule is Cc1cc(N=C2NC(=O)/C(=C/c3cc(I)c(OCc4ccccc4)c(I)c3)S2)cc(C)c1Br. The van der Waals surface area contributed by atoms with Crippen molar-refractivity contribution in [1.29, 1.82) is 0 Å². The highest BCUT2D eigenvalue weighted by Crippen LogP contribution is 2.34. The second-order valence-corrected chi connectivity index (χ2v) is 11.6. The number of amidine groups is 1. The first-order chi connectivity index (χ1) is 15.8. The maximum absolute atomic E-state index is 12.5. The minimum atomic E-state index is -0.140. The Kier molecular flexibility index (Phi) is 8.19. The molecule has 3 aromatic carbocycles. The predicted octanol–water partition coefficient (Wildman–Crippen LogP) is 7.75. The van der Waals surface area contributed by atoms with Gasteiger partial charge in [0.2, 0.25) is 0 Å². The van der Waals surface area contributed by atoms with Crippen LogP contribution in [0.4, 0.5) is 5.69 Å². The second-order valence-electron chi connectivity index (χ2n) is 7.46. The molecule has 1 fully saturated rings. The van der Waals surface area contributed by atoms with Crippen LogP contribution >= 0.6 is 72.9 Å². The number of rotatable bonds is 5. The molecule has 0 atom stereocenters. The fraction of sp³-hybridized carbons (Fsp3) is 0.120. The molecule has 0 aliphatic carbocycles. The Morgan fingerprint density at radius 3 is 2.33 bits per heavy atom. The summed E-state index contributed by atoms with van der Waals surface area (Å²) in [6.07, 6.45) is 1.89. The van der Waals surface area contributed by atoms with Gasteiger partial charge in [0.25, 0.3) is 5.91 Å². The highest BCUT2D eigenvalue weighted by atomic mass is 127. The summed E-state index contributed by atoms with van der Waals surface area (Å²) in [7, 11) is 0. The number of halogens is 3. The summed E-state index contributed by atoms with van der Waals surface area (Å²) in [5, 5.41) is 3.45. The van der Waals surface area contributed by atoms with E-state index >= 15 is 0 Å². The minimum absolute atomic E-state index is 0.140. The van der Waals surface area contributed by atoms with Gasteiger partial charge in [-0.05, 0) is 123 Å². The number of hydrogen-bond acceptors (Lipinski definition) is 4. The van der Waals surface area contributed by atoms with Crippen molar-refractivity contribution in [2.75, 3.05) is 0 Å². The summed E-state index contributed by atoms with van der Waals surface area (Å²) in [6, 6.07) is 18.1. The van der Waals surface area contributed by atoms with Crippen LogP contribution in [0, 0.1) is 21.0 Å². The lowest BCUT2D eigenvalue weighted by Gasteiger charge is -2.11. The molecule has 168 valence electrons. The van der Waals surface area contributed by atoms with Crippen molar-refractivity contribution in [2.24, 2.45) is 4.99 Å². The first kappa shape index (κ1) is 24.7. The summed E-state index contributed by atoms with van der Waals surface area (Å²) in [6.45, 7) is 4.58. The van der Waals surface area contributed by atoms with E-state index in [0.717, 1.165) is 45.3 Å². The average Bonchev–Trinajstić information content (AvgIpc) is 3.10. The van der Waals surface area contributed by atoms with Crippen LogP contribution < -0.4 is 10.1 Å². The number of benzene rings is 3. The largest absolute Gasteiger partial charge is 0.487 e. The van der Waals surface area contributed by atoms with E-state index in [2.05, 4.69) is 71.4 Å². The van der Waals surface area contributed by atoms with E-state index in [1.54, 1.807) is 0 Å². The second kappa shape index (κ2) is 10.9. The number of aryl methyl sites for hydroxylation is 2. The normalized spacial score (nSPS) is 15.8. The maximum atomic E-state index is 12.5. The van der Waals surface area contributed by atoms with Crippen LogP contribution in [0.1, 0.15) is 22.3 Å². The molecule has 1 amide bonds. The van der Waals surface area contributed by atoms with Crippen molar-refractivity contribution in [3.05, 3.63) is 93.4 Å². The van der Waals surface area contributed by atoms with Gasteiger partial charge in [0.15, 0.2) is 5.17 Å². The van der Waals surface area contributed by atoms with Crippen LogP contribution in [0.2, 0.25) is 0 Å². The zero-order valence-corrected chi connectivity index (χ0v) is 24.5. The minimum Gasteiger partial charge on any atom is -0.487 e. The quantitative estimate of drug-likeness (QED) is 0.215. The van der Waals surface area contributed by atoms with Crippen LogP contribution in [0.15, 0.2) is 69.0 Å². The Morgan fingerprint density at radius 1 is 1.06 bits per heavy atom. The van der Waals surface area contributed by atoms with Crippen LogP contribution in [-0.2, 0) is 11.4 Å². The molecule has 4 nitrogen and oxygen atoms in total. The summed E-state index contributed by atoms with van der Waals surface area (Å²) >= 11 is 9.49. The van der Waals surface area contributed by atoms with Gasteiger partial charge in [0.05, 0.1) is 17.7 Å². The third kappa shape index (κ3) is 6.20. The smallest absolute Gasteiger partial charge is 0.264 e. The van der Waals surface area contributed by atoms with Crippen LogP contribution in [-0.4, -0.2) is 11.1 Å². The third-order valence-corrected chi connectivity index (χ3v) is 8.61. The monoisotopic (exact) mass is 744 g/mol. The molecule has 0 spiro atoms. The zero-order chi connectivity index (χ0) is 23.5. The molecule has 1 aliphatic heterocycles. The molecule has 1 aliphatic rings. The molecule has 0 bridgehead atoms. The molecule has 33 heavy (non-hydrogen) atoms. The van der Waals surface area contributed by atoms with Gasteiger partial charge in [0, 0.05) is 4.47 Å². The first-order valence-electron chi connectivity index (χ1n) is 10.0. The Labute approximate surface area is 233 Å². The van der Waals surface area contributed by atoms with Gasteiger partial charge in [-0.15, -0.1) is 0 Å². The summed E-state index contributed by atoms with van der Waals surface area (Å²) in [4.78, 5) is 17.8. The molecule has 1 heterocycles. The van der Waals surface area contributed by atoms with Crippen molar-refractivity contribution in [3.63, 3.8) is 0 Å². The molecule has 0 saturated carbocycles. The summed E-state index contributed by atoms with van der Waals surface area (Å²) in [5.74, 6) is 0.715. The molecule has 4 rings (SSSR count). The number of hydrogen-bond donors (Lipinski definition) is 1. The van der Waals surface area contributed by atoms with Crippen molar-refractivity contribution >= 4 is 95.7 Å². The van der Waals surface area contributed by atoms with Crippen molar-refractivity contribution in [3.8, 4) is 5.75 Å². The highest BCUT2D eigenvalue weighted by Gasteiger charge is 2.24. The molecule has 0 aromatic heterocycles. The van der Waals surface area contributed by atoms with E-state index < -0.39 is 0 Å². The molecule has 1 N–H and O–H groups in total. The Bertz CT molecular complexity index is 1250.